The highest BCUT2D eigenvalue weighted by molar-refractivity contribution is 5.53. The van der Waals surface area contributed by atoms with E-state index in [9.17, 15) is 0 Å². The predicted octanol–water partition coefficient (Wildman–Crippen LogP) is 2.64. The molecule has 2 heteroatoms. The second-order valence-corrected chi connectivity index (χ2v) is 4.99. The van der Waals surface area contributed by atoms with Crippen LogP contribution >= 0.6 is 0 Å². The number of hydrogen-bond acceptors (Lipinski definition) is 2. The largest absolute Gasteiger partial charge is 0.383 e. The molecule has 0 unspecified atom stereocenters. The van der Waals surface area contributed by atoms with Crippen molar-refractivity contribution in [1.29, 1.82) is 0 Å². The molecule has 3 rings (SSSR count). The van der Waals surface area contributed by atoms with Crippen molar-refractivity contribution < 1.29 is 0 Å². The first-order chi connectivity index (χ1) is 7.86. The summed E-state index contributed by atoms with van der Waals surface area (Å²) >= 11 is 0. The van der Waals surface area contributed by atoms with Gasteiger partial charge in [0, 0.05) is 24.8 Å². The van der Waals surface area contributed by atoms with Crippen molar-refractivity contribution in [2.24, 2.45) is 0 Å². The van der Waals surface area contributed by atoms with Crippen molar-refractivity contribution >= 4 is 5.69 Å². The zero-order valence-corrected chi connectivity index (χ0v) is 10.00. The lowest BCUT2D eigenvalue weighted by Gasteiger charge is -2.20. The second kappa shape index (κ2) is 4.10. The molecule has 16 heavy (non-hydrogen) atoms. The third-order valence-corrected chi connectivity index (χ3v) is 3.98. The molecule has 2 aliphatic rings. The molecule has 2 nitrogen and oxygen atoms in total. The number of nitrogens with one attached hydrogen (secondary N) is 1. The van der Waals surface area contributed by atoms with Crippen molar-refractivity contribution in [3.63, 3.8) is 0 Å². The zero-order valence-electron chi connectivity index (χ0n) is 10.00. The fraction of sp³-hybridized carbons (Fsp3) is 0.571. The molecule has 1 saturated heterocycles. The highest BCUT2D eigenvalue weighted by atomic mass is 15.2. The number of benzene rings is 1. The molecule has 1 atom stereocenters. The maximum absolute atomic E-state index is 3.61. The lowest BCUT2D eigenvalue weighted by atomic mass is 10.1. The summed E-state index contributed by atoms with van der Waals surface area (Å²) in [5.74, 6) is 0. The summed E-state index contributed by atoms with van der Waals surface area (Å²) in [5, 5.41) is 3.61. The summed E-state index contributed by atoms with van der Waals surface area (Å²) in [4.78, 5) is 2.64. The smallest absolute Gasteiger partial charge is 0.0386 e. The molecule has 0 aliphatic carbocycles. The van der Waals surface area contributed by atoms with Gasteiger partial charge in [-0.3, -0.25) is 4.90 Å². The topological polar surface area (TPSA) is 15.3 Å². The Hall–Kier alpha value is -1.02. The normalized spacial score (nSPS) is 24.4. The molecule has 0 saturated carbocycles. The maximum atomic E-state index is 3.61. The van der Waals surface area contributed by atoms with E-state index in [1.54, 1.807) is 0 Å². The van der Waals surface area contributed by atoms with Crippen LogP contribution in [-0.2, 0) is 13.0 Å². The van der Waals surface area contributed by atoms with Crippen LogP contribution in [0.15, 0.2) is 18.2 Å². The van der Waals surface area contributed by atoms with Gasteiger partial charge in [-0.2, -0.15) is 0 Å². The van der Waals surface area contributed by atoms with Gasteiger partial charge in [-0.25, -0.2) is 0 Å². The van der Waals surface area contributed by atoms with E-state index in [-0.39, 0.29) is 0 Å². The van der Waals surface area contributed by atoms with Gasteiger partial charge < -0.3 is 5.32 Å². The fourth-order valence-corrected chi connectivity index (χ4v) is 2.95. The van der Waals surface area contributed by atoms with Crippen molar-refractivity contribution in [2.45, 2.75) is 38.8 Å². The summed E-state index contributed by atoms with van der Waals surface area (Å²) in [5.41, 5.74) is 4.30. The van der Waals surface area contributed by atoms with Crippen molar-refractivity contribution in [3.05, 3.63) is 29.3 Å². The minimum absolute atomic E-state index is 0.762. The van der Waals surface area contributed by atoms with Crippen LogP contribution < -0.4 is 5.32 Å². The van der Waals surface area contributed by atoms with Gasteiger partial charge in [-0.1, -0.05) is 19.1 Å². The van der Waals surface area contributed by atoms with Crippen LogP contribution in [0.5, 0.6) is 0 Å². The molecule has 1 N–H and O–H groups in total. The Morgan fingerprint density at radius 3 is 3.25 bits per heavy atom. The third kappa shape index (κ3) is 1.71. The standard InChI is InChI=1S/C14H20N2/c1-2-11-5-6-14-12(8-11)10-16-7-3-4-13(16)9-15-14/h5-6,8,13,15H,2-4,7,9-10H2,1H3/t13-/m1/s1. The highest BCUT2D eigenvalue weighted by Crippen LogP contribution is 2.28. The molecule has 1 aromatic carbocycles. The van der Waals surface area contributed by atoms with Crippen molar-refractivity contribution in [3.8, 4) is 0 Å². The minimum atomic E-state index is 0.762. The molecule has 1 aromatic rings. The van der Waals surface area contributed by atoms with Gasteiger partial charge in [0.15, 0.2) is 0 Å². The number of hydrogen-bond donors (Lipinski definition) is 1. The van der Waals surface area contributed by atoms with Gasteiger partial charge in [0.2, 0.25) is 0 Å². The summed E-state index contributed by atoms with van der Waals surface area (Å²) in [6.45, 7) is 5.77. The molecule has 0 spiro atoms. The van der Waals surface area contributed by atoms with Crippen LogP contribution in [0.2, 0.25) is 0 Å². The van der Waals surface area contributed by atoms with Gasteiger partial charge in [-0.05, 0) is 43.0 Å². The maximum Gasteiger partial charge on any atom is 0.0386 e. The van der Waals surface area contributed by atoms with Gasteiger partial charge in [0.05, 0.1) is 0 Å². The predicted molar refractivity (Wildman–Crippen MR) is 67.7 cm³/mol. The van der Waals surface area contributed by atoms with Crippen LogP contribution in [0.3, 0.4) is 0 Å². The third-order valence-electron chi connectivity index (χ3n) is 3.98. The Morgan fingerprint density at radius 1 is 1.44 bits per heavy atom. The molecule has 2 aliphatic heterocycles. The van der Waals surface area contributed by atoms with Crippen molar-refractivity contribution in [1.82, 2.24) is 4.90 Å². The van der Waals surface area contributed by atoms with E-state index in [1.165, 1.54) is 36.2 Å². The highest BCUT2D eigenvalue weighted by Gasteiger charge is 2.27. The van der Waals surface area contributed by atoms with Gasteiger partial charge in [0.1, 0.15) is 0 Å². The SMILES string of the molecule is CCc1ccc2c(c1)CN1CCC[C@@H]1CN2. The lowest BCUT2D eigenvalue weighted by Crippen LogP contribution is -2.31. The lowest BCUT2D eigenvalue weighted by molar-refractivity contribution is 0.259. The summed E-state index contributed by atoms with van der Waals surface area (Å²) in [6, 6.07) is 7.65. The van der Waals surface area contributed by atoms with Crippen molar-refractivity contribution in [2.75, 3.05) is 18.4 Å². The van der Waals surface area contributed by atoms with E-state index in [2.05, 4.69) is 35.3 Å². The molecule has 0 amide bonds. The van der Waals surface area contributed by atoms with Gasteiger partial charge in [0.25, 0.3) is 0 Å². The molecule has 2 heterocycles. The van der Waals surface area contributed by atoms with Crippen LogP contribution in [-0.4, -0.2) is 24.0 Å². The monoisotopic (exact) mass is 216 g/mol. The Labute approximate surface area is 97.6 Å². The molecule has 0 radical (unpaired) electrons. The molecule has 1 fully saturated rings. The van der Waals surface area contributed by atoms with E-state index < -0.39 is 0 Å². The average molecular weight is 216 g/mol. The number of fused-ring (bicyclic) bond motifs is 2. The van der Waals surface area contributed by atoms with E-state index in [0.717, 1.165) is 25.6 Å². The first-order valence-corrected chi connectivity index (χ1v) is 6.46. The van der Waals surface area contributed by atoms with Crippen LogP contribution in [0.1, 0.15) is 30.9 Å². The Morgan fingerprint density at radius 2 is 2.38 bits per heavy atom. The van der Waals surface area contributed by atoms with E-state index in [1.807, 2.05) is 0 Å². The Kier molecular flexibility index (Phi) is 2.60. The summed E-state index contributed by atoms with van der Waals surface area (Å²) in [6.07, 6.45) is 3.87. The zero-order chi connectivity index (χ0) is 11.0. The Balaban J connectivity index is 1.91. The average Bonchev–Trinajstić information content (AvgIpc) is 2.68. The number of rotatable bonds is 1. The minimum Gasteiger partial charge on any atom is -0.383 e. The quantitative estimate of drug-likeness (QED) is 0.776. The molecular formula is C14H20N2. The van der Waals surface area contributed by atoms with Gasteiger partial charge in [-0.15, -0.1) is 0 Å². The van der Waals surface area contributed by atoms with Crippen LogP contribution in [0, 0.1) is 0 Å². The fourth-order valence-electron chi connectivity index (χ4n) is 2.95. The van der Waals surface area contributed by atoms with Gasteiger partial charge >= 0.3 is 0 Å². The first-order valence-electron chi connectivity index (χ1n) is 6.46. The second-order valence-electron chi connectivity index (χ2n) is 4.99. The molecular weight excluding hydrogens is 196 g/mol. The number of anilines is 1. The van der Waals surface area contributed by atoms with E-state index >= 15 is 0 Å². The number of nitrogens with zero attached hydrogens (tertiary/aromatic N) is 1. The molecule has 0 aromatic heterocycles. The Bertz CT molecular complexity index is 386. The first kappa shape index (κ1) is 10.2. The van der Waals surface area contributed by atoms with E-state index in [4.69, 9.17) is 0 Å². The van der Waals surface area contributed by atoms with E-state index in [0.29, 0.717) is 0 Å². The summed E-state index contributed by atoms with van der Waals surface area (Å²) < 4.78 is 0. The molecule has 86 valence electrons. The molecule has 0 bridgehead atoms. The summed E-state index contributed by atoms with van der Waals surface area (Å²) in [7, 11) is 0. The van der Waals surface area contributed by atoms with Crippen LogP contribution in [0.25, 0.3) is 0 Å². The van der Waals surface area contributed by atoms with Crippen LogP contribution in [0.4, 0.5) is 5.69 Å². The number of aryl methyl sites for hydroxylation is 1.